The average Bonchev–Trinajstić information content (AvgIpc) is 2.95. The van der Waals surface area contributed by atoms with Crippen molar-refractivity contribution in [2.45, 2.75) is 39.9 Å². The van der Waals surface area contributed by atoms with E-state index in [1.807, 2.05) is 66.7 Å². The third-order valence-electron chi connectivity index (χ3n) is 5.81. The highest BCUT2D eigenvalue weighted by Crippen LogP contribution is 2.29. The predicted molar refractivity (Wildman–Crippen MR) is 144 cm³/mol. The summed E-state index contributed by atoms with van der Waals surface area (Å²) in [5, 5.41) is 0. The summed E-state index contributed by atoms with van der Waals surface area (Å²) < 4.78 is 11.7. The van der Waals surface area contributed by atoms with Gasteiger partial charge in [-0.3, -0.25) is 14.6 Å². The third kappa shape index (κ3) is 6.48. The number of aromatic nitrogens is 3. The minimum atomic E-state index is -0.765. The van der Waals surface area contributed by atoms with E-state index in [1.165, 1.54) is 0 Å². The Morgan fingerprint density at radius 3 is 1.61 bits per heavy atom. The topological polar surface area (TPSA) is 91.3 Å². The van der Waals surface area contributed by atoms with Crippen LogP contribution in [0.15, 0.2) is 91.1 Å². The standard InChI is InChI=1S/C31H31N3O4/c1-20(2)30(35)37-28(22-12-6-5-7-13-22)26-17-10-15-23(33-26)24-16-11-18-27(34-24)29(38-31(36)21(3)4)25-14-8-9-19-32-25/h5-21,28-29H,1-4H3. The molecule has 0 radical (unpaired) electrons. The lowest BCUT2D eigenvalue weighted by Gasteiger charge is -2.20. The van der Waals surface area contributed by atoms with Crippen LogP contribution >= 0.6 is 0 Å². The van der Waals surface area contributed by atoms with E-state index in [0.29, 0.717) is 28.5 Å². The van der Waals surface area contributed by atoms with E-state index in [2.05, 4.69) is 4.98 Å². The molecule has 194 valence electrons. The zero-order valence-corrected chi connectivity index (χ0v) is 21.9. The van der Waals surface area contributed by atoms with Gasteiger partial charge in [0.2, 0.25) is 0 Å². The van der Waals surface area contributed by atoms with Gasteiger partial charge in [0.1, 0.15) is 0 Å². The average molecular weight is 510 g/mol. The van der Waals surface area contributed by atoms with Crippen LogP contribution < -0.4 is 0 Å². The van der Waals surface area contributed by atoms with Crippen LogP contribution in [0.5, 0.6) is 0 Å². The summed E-state index contributed by atoms with van der Waals surface area (Å²) in [6, 6.07) is 26.0. The van der Waals surface area contributed by atoms with Crippen molar-refractivity contribution in [3.05, 3.63) is 114 Å². The van der Waals surface area contributed by atoms with E-state index in [4.69, 9.17) is 19.4 Å². The number of esters is 2. The molecule has 4 rings (SSSR count). The first-order valence-corrected chi connectivity index (χ1v) is 12.6. The zero-order valence-electron chi connectivity index (χ0n) is 21.9. The van der Waals surface area contributed by atoms with Gasteiger partial charge in [-0.05, 0) is 42.0 Å². The van der Waals surface area contributed by atoms with E-state index in [0.717, 1.165) is 5.56 Å². The Morgan fingerprint density at radius 1 is 0.579 bits per heavy atom. The molecule has 0 aliphatic carbocycles. The molecule has 0 aliphatic heterocycles. The molecule has 0 aliphatic rings. The van der Waals surface area contributed by atoms with Crippen molar-refractivity contribution < 1.29 is 19.1 Å². The second kappa shape index (κ2) is 12.2. The maximum atomic E-state index is 12.5. The number of pyridine rings is 3. The summed E-state index contributed by atoms with van der Waals surface area (Å²) in [7, 11) is 0. The second-order valence-corrected chi connectivity index (χ2v) is 9.50. The Hall–Kier alpha value is -4.39. The molecule has 7 heteroatoms. The molecule has 0 saturated carbocycles. The molecule has 0 fully saturated rings. The number of hydrogen-bond acceptors (Lipinski definition) is 7. The molecular weight excluding hydrogens is 478 g/mol. The molecule has 2 unspecified atom stereocenters. The van der Waals surface area contributed by atoms with Crippen LogP contribution in [0.25, 0.3) is 11.4 Å². The van der Waals surface area contributed by atoms with Crippen LogP contribution in [0.2, 0.25) is 0 Å². The molecular formula is C31H31N3O4. The maximum absolute atomic E-state index is 12.5. The van der Waals surface area contributed by atoms with Crippen molar-refractivity contribution in [3.8, 4) is 11.4 Å². The Morgan fingerprint density at radius 2 is 1.08 bits per heavy atom. The van der Waals surface area contributed by atoms with Gasteiger partial charge in [-0.15, -0.1) is 0 Å². The molecule has 0 N–H and O–H groups in total. The minimum absolute atomic E-state index is 0.278. The van der Waals surface area contributed by atoms with Crippen molar-refractivity contribution >= 4 is 11.9 Å². The monoisotopic (exact) mass is 509 g/mol. The lowest BCUT2D eigenvalue weighted by atomic mass is 10.0. The first-order valence-electron chi connectivity index (χ1n) is 12.6. The van der Waals surface area contributed by atoms with Crippen LogP contribution in [-0.4, -0.2) is 26.9 Å². The first-order chi connectivity index (χ1) is 18.3. The van der Waals surface area contributed by atoms with E-state index in [9.17, 15) is 9.59 Å². The SMILES string of the molecule is CC(C)C(=O)OC(c1ccccc1)c1cccc(-c2cccc(C(OC(=O)C(C)C)c3ccccn3)n2)n1. The normalized spacial score (nSPS) is 12.7. The number of nitrogens with zero attached hydrogens (tertiary/aromatic N) is 3. The summed E-state index contributed by atoms with van der Waals surface area (Å²) in [5.74, 6) is -1.23. The van der Waals surface area contributed by atoms with E-state index >= 15 is 0 Å². The fourth-order valence-electron chi connectivity index (χ4n) is 3.72. The highest BCUT2D eigenvalue weighted by molar-refractivity contribution is 5.72. The van der Waals surface area contributed by atoms with E-state index in [-0.39, 0.29) is 23.8 Å². The number of hydrogen-bond donors (Lipinski definition) is 0. The van der Waals surface area contributed by atoms with Crippen LogP contribution in [0.4, 0.5) is 0 Å². The Balaban J connectivity index is 1.72. The lowest BCUT2D eigenvalue weighted by molar-refractivity contribution is -0.152. The largest absolute Gasteiger partial charge is 0.451 e. The fraction of sp³-hybridized carbons (Fsp3) is 0.258. The first kappa shape index (κ1) is 26.7. The van der Waals surface area contributed by atoms with Gasteiger partial charge in [0.15, 0.2) is 12.2 Å². The summed E-state index contributed by atoms with van der Waals surface area (Å²) in [4.78, 5) is 39.1. The smallest absolute Gasteiger partial charge is 0.309 e. The zero-order chi connectivity index (χ0) is 27.1. The van der Waals surface area contributed by atoms with Gasteiger partial charge >= 0.3 is 11.9 Å². The van der Waals surface area contributed by atoms with Crippen LogP contribution in [0, 0.1) is 11.8 Å². The van der Waals surface area contributed by atoms with Gasteiger partial charge < -0.3 is 9.47 Å². The van der Waals surface area contributed by atoms with Crippen LogP contribution in [0.1, 0.15) is 62.5 Å². The molecule has 0 spiro atoms. The van der Waals surface area contributed by atoms with Crippen molar-refractivity contribution in [3.63, 3.8) is 0 Å². The van der Waals surface area contributed by atoms with Crippen molar-refractivity contribution in [1.82, 2.24) is 15.0 Å². The molecule has 4 aromatic rings. The molecule has 0 amide bonds. The van der Waals surface area contributed by atoms with Crippen LogP contribution in [-0.2, 0) is 19.1 Å². The van der Waals surface area contributed by atoms with Crippen LogP contribution in [0.3, 0.4) is 0 Å². The molecule has 7 nitrogen and oxygen atoms in total. The highest BCUT2D eigenvalue weighted by atomic mass is 16.5. The van der Waals surface area contributed by atoms with Crippen molar-refractivity contribution in [2.24, 2.45) is 11.8 Å². The molecule has 0 bridgehead atoms. The predicted octanol–water partition coefficient (Wildman–Crippen LogP) is 6.12. The Kier molecular flexibility index (Phi) is 8.58. The van der Waals surface area contributed by atoms with Gasteiger partial charge in [0.25, 0.3) is 0 Å². The summed E-state index contributed by atoms with van der Waals surface area (Å²) in [5.41, 5.74) is 3.71. The maximum Gasteiger partial charge on any atom is 0.309 e. The molecule has 1 aromatic carbocycles. The fourth-order valence-corrected chi connectivity index (χ4v) is 3.72. The quantitative estimate of drug-likeness (QED) is 0.251. The van der Waals surface area contributed by atoms with Gasteiger partial charge in [-0.2, -0.15) is 0 Å². The van der Waals surface area contributed by atoms with Gasteiger partial charge in [-0.1, -0.05) is 76.2 Å². The summed E-state index contributed by atoms with van der Waals surface area (Å²) in [6.45, 7) is 7.17. The summed E-state index contributed by atoms with van der Waals surface area (Å²) in [6.07, 6.45) is 0.226. The second-order valence-electron chi connectivity index (χ2n) is 9.50. The molecule has 2 atom stereocenters. The van der Waals surface area contributed by atoms with Crippen molar-refractivity contribution in [1.29, 1.82) is 0 Å². The number of carbonyl (C=O) groups excluding carboxylic acids is 2. The molecule has 3 heterocycles. The Bertz CT molecular complexity index is 1270. The summed E-state index contributed by atoms with van der Waals surface area (Å²) >= 11 is 0. The molecule has 0 saturated heterocycles. The lowest BCUT2D eigenvalue weighted by Crippen LogP contribution is -2.19. The highest BCUT2D eigenvalue weighted by Gasteiger charge is 2.25. The molecule has 38 heavy (non-hydrogen) atoms. The van der Waals surface area contributed by atoms with Gasteiger partial charge in [-0.25, -0.2) is 9.97 Å². The van der Waals surface area contributed by atoms with Gasteiger partial charge in [0.05, 0.1) is 40.3 Å². The number of benzene rings is 1. The number of carbonyl (C=O) groups is 2. The Labute approximate surface area is 222 Å². The third-order valence-corrected chi connectivity index (χ3v) is 5.81. The number of rotatable bonds is 9. The van der Waals surface area contributed by atoms with E-state index in [1.54, 1.807) is 52.1 Å². The number of ether oxygens (including phenoxy) is 2. The van der Waals surface area contributed by atoms with Gasteiger partial charge in [0, 0.05) is 6.20 Å². The van der Waals surface area contributed by atoms with E-state index < -0.39 is 12.2 Å². The minimum Gasteiger partial charge on any atom is -0.451 e. The van der Waals surface area contributed by atoms with Crippen molar-refractivity contribution in [2.75, 3.05) is 0 Å². The molecule has 3 aromatic heterocycles.